The highest BCUT2D eigenvalue weighted by atomic mass is 16.5. The molecule has 39 heavy (non-hydrogen) atoms. The smallest absolute Gasteiger partial charge is 0.225 e. The van der Waals surface area contributed by atoms with Crippen LogP contribution in [-0.4, -0.2) is 99.9 Å². The van der Waals surface area contributed by atoms with Gasteiger partial charge in [0, 0.05) is 67.4 Å². The molecule has 0 bridgehead atoms. The average Bonchev–Trinajstić information content (AvgIpc) is 2.97. The van der Waals surface area contributed by atoms with Crippen molar-refractivity contribution in [3.05, 3.63) is 59.0 Å². The van der Waals surface area contributed by atoms with Crippen molar-refractivity contribution < 1.29 is 23.8 Å². The summed E-state index contributed by atoms with van der Waals surface area (Å²) in [5.74, 6) is 1.39. The average molecular weight is 532 g/mol. The Labute approximate surface area is 232 Å². The number of rotatable bonds is 11. The SMILES string of the molecule is [B]N(C)/C=C(\c1ccncc1C=O)c1cc(OC)c(CN2CCC(OC3CCN(C=O)CC3)CC2)cc1OC. The van der Waals surface area contributed by atoms with Gasteiger partial charge in [0.15, 0.2) is 6.29 Å². The van der Waals surface area contributed by atoms with Crippen LogP contribution in [0.5, 0.6) is 11.5 Å². The molecule has 0 aliphatic carbocycles. The van der Waals surface area contributed by atoms with Crippen molar-refractivity contribution in [1.29, 1.82) is 0 Å². The molecule has 2 aliphatic rings. The molecule has 2 saturated heterocycles. The molecule has 2 fully saturated rings. The van der Waals surface area contributed by atoms with Gasteiger partial charge in [-0.05, 0) is 62.7 Å². The fraction of sp³-hybridized carbons (Fsp3) is 0.483. The number of likely N-dealkylation sites (tertiary alicyclic amines) is 2. The van der Waals surface area contributed by atoms with E-state index in [0.717, 1.165) is 93.6 Å². The number of methoxy groups -OCH3 is 2. The molecule has 3 heterocycles. The summed E-state index contributed by atoms with van der Waals surface area (Å²) >= 11 is 0. The lowest BCUT2D eigenvalue weighted by molar-refractivity contribution is -0.122. The summed E-state index contributed by atoms with van der Waals surface area (Å²) in [6, 6.07) is 5.74. The predicted molar refractivity (Wildman–Crippen MR) is 150 cm³/mol. The predicted octanol–water partition coefficient (Wildman–Crippen LogP) is 2.92. The number of hydrogen-bond donors (Lipinski definition) is 0. The van der Waals surface area contributed by atoms with Crippen molar-refractivity contribution in [1.82, 2.24) is 19.6 Å². The maximum atomic E-state index is 11.8. The first kappa shape index (κ1) is 28.6. The fourth-order valence-corrected chi connectivity index (χ4v) is 5.36. The Bertz CT molecular complexity index is 1160. The van der Waals surface area contributed by atoms with Gasteiger partial charge in [-0.15, -0.1) is 0 Å². The molecule has 0 N–H and O–H groups in total. The Morgan fingerprint density at radius 2 is 1.69 bits per heavy atom. The second-order valence-corrected chi connectivity index (χ2v) is 10.1. The van der Waals surface area contributed by atoms with E-state index in [1.807, 2.05) is 17.0 Å². The highest BCUT2D eigenvalue weighted by Crippen LogP contribution is 2.38. The van der Waals surface area contributed by atoms with Crippen molar-refractivity contribution in [2.75, 3.05) is 47.4 Å². The van der Waals surface area contributed by atoms with E-state index in [-0.39, 0.29) is 12.2 Å². The minimum absolute atomic E-state index is 0.240. The van der Waals surface area contributed by atoms with E-state index in [0.29, 0.717) is 16.9 Å². The van der Waals surface area contributed by atoms with E-state index in [9.17, 15) is 9.59 Å². The summed E-state index contributed by atoms with van der Waals surface area (Å²) in [6.07, 6.45) is 10.9. The zero-order valence-electron chi connectivity index (χ0n) is 23.0. The van der Waals surface area contributed by atoms with Crippen LogP contribution in [0.2, 0.25) is 0 Å². The summed E-state index contributed by atoms with van der Waals surface area (Å²) in [6.45, 7) is 4.12. The van der Waals surface area contributed by atoms with Crippen LogP contribution in [0.15, 0.2) is 36.8 Å². The highest BCUT2D eigenvalue weighted by Gasteiger charge is 2.26. The molecule has 10 heteroatoms. The van der Waals surface area contributed by atoms with Gasteiger partial charge in [-0.3, -0.25) is 19.5 Å². The number of carbonyl (C=O) groups excluding carboxylic acids is 2. The molecule has 0 atom stereocenters. The van der Waals surface area contributed by atoms with Crippen LogP contribution in [-0.2, 0) is 16.1 Å². The quantitative estimate of drug-likeness (QED) is 0.323. The zero-order valence-corrected chi connectivity index (χ0v) is 23.0. The summed E-state index contributed by atoms with van der Waals surface area (Å²) in [7, 11) is 11.0. The van der Waals surface area contributed by atoms with Crippen molar-refractivity contribution in [2.24, 2.45) is 0 Å². The van der Waals surface area contributed by atoms with Crippen LogP contribution in [0.4, 0.5) is 0 Å². The largest absolute Gasteiger partial charge is 0.496 e. The number of amides is 1. The van der Waals surface area contributed by atoms with Crippen LogP contribution in [0.25, 0.3) is 5.57 Å². The van der Waals surface area contributed by atoms with E-state index in [2.05, 4.69) is 9.88 Å². The minimum Gasteiger partial charge on any atom is -0.496 e. The van der Waals surface area contributed by atoms with E-state index in [1.165, 1.54) is 11.0 Å². The Morgan fingerprint density at radius 1 is 1.03 bits per heavy atom. The Kier molecular flexibility index (Phi) is 10.0. The van der Waals surface area contributed by atoms with E-state index in [1.54, 1.807) is 39.7 Å². The number of aldehydes is 1. The third-order valence-corrected chi connectivity index (χ3v) is 7.43. The second-order valence-electron chi connectivity index (χ2n) is 10.1. The second kappa shape index (κ2) is 13.6. The van der Waals surface area contributed by atoms with Gasteiger partial charge >= 0.3 is 0 Å². The number of nitrogens with zero attached hydrogens (tertiary/aromatic N) is 4. The molecule has 9 nitrogen and oxygen atoms in total. The monoisotopic (exact) mass is 532 g/mol. The summed E-state index contributed by atoms with van der Waals surface area (Å²) in [4.78, 5) is 32.5. The number of piperidine rings is 2. The molecule has 2 aromatic rings. The highest BCUT2D eigenvalue weighted by molar-refractivity contribution is 6.06. The van der Waals surface area contributed by atoms with Gasteiger partial charge in [0.25, 0.3) is 0 Å². The molecular weight excluding hydrogens is 495 g/mol. The molecule has 1 amide bonds. The van der Waals surface area contributed by atoms with E-state index < -0.39 is 0 Å². The summed E-state index contributed by atoms with van der Waals surface area (Å²) in [5.41, 5.74) is 3.66. The van der Waals surface area contributed by atoms with Gasteiger partial charge in [0.05, 0.1) is 26.4 Å². The summed E-state index contributed by atoms with van der Waals surface area (Å²) < 4.78 is 18.0. The van der Waals surface area contributed by atoms with Gasteiger partial charge in [0.2, 0.25) is 14.4 Å². The maximum Gasteiger partial charge on any atom is 0.225 e. The number of benzene rings is 1. The van der Waals surface area contributed by atoms with Gasteiger partial charge < -0.3 is 23.9 Å². The first-order chi connectivity index (χ1) is 18.9. The fourth-order valence-electron chi connectivity index (χ4n) is 5.36. The number of aromatic nitrogens is 1. The number of carbonyl (C=O) groups is 2. The van der Waals surface area contributed by atoms with Gasteiger partial charge in [-0.25, -0.2) is 0 Å². The third kappa shape index (κ3) is 7.19. The molecule has 4 rings (SSSR count). The van der Waals surface area contributed by atoms with Crippen LogP contribution in [0.3, 0.4) is 0 Å². The molecule has 0 saturated carbocycles. The van der Waals surface area contributed by atoms with Crippen molar-refractivity contribution in [3.8, 4) is 11.5 Å². The molecule has 1 aromatic heterocycles. The maximum absolute atomic E-state index is 11.8. The molecular formula is C29H37BN4O5. The zero-order chi connectivity index (χ0) is 27.8. The van der Waals surface area contributed by atoms with E-state index >= 15 is 0 Å². The standard InChI is InChI=1S/C29H37BN4O5/c1-32(30)18-27(25-4-9-31-16-22(25)19-35)26-15-28(37-2)21(14-29(26)38-3)17-33-10-5-23(6-11-33)39-24-7-12-34(20-36)13-8-24/h4,9,14-16,18-20,23-24H,5-8,10-13,17H2,1-3H3/b27-18+. The topological polar surface area (TPSA) is 84.4 Å². The van der Waals surface area contributed by atoms with Crippen molar-refractivity contribution in [2.45, 2.75) is 44.4 Å². The van der Waals surface area contributed by atoms with Gasteiger partial charge in [-0.2, -0.15) is 0 Å². The van der Waals surface area contributed by atoms with Crippen LogP contribution in [0, 0.1) is 0 Å². The molecule has 1 aromatic carbocycles. The van der Waals surface area contributed by atoms with Crippen LogP contribution < -0.4 is 9.47 Å². The lowest BCUT2D eigenvalue weighted by Crippen LogP contribution is -2.41. The number of hydrogen-bond acceptors (Lipinski definition) is 8. The van der Waals surface area contributed by atoms with E-state index in [4.69, 9.17) is 22.2 Å². The Morgan fingerprint density at radius 3 is 2.28 bits per heavy atom. The molecule has 206 valence electrons. The number of ether oxygens (including phenoxy) is 3. The molecule has 0 unspecified atom stereocenters. The number of pyridine rings is 1. The van der Waals surface area contributed by atoms with Crippen molar-refractivity contribution >= 4 is 26.3 Å². The van der Waals surface area contributed by atoms with Crippen LogP contribution in [0.1, 0.15) is 52.7 Å². The van der Waals surface area contributed by atoms with Gasteiger partial charge in [-0.1, -0.05) is 0 Å². The normalized spacial score (nSPS) is 17.6. The first-order valence-electron chi connectivity index (χ1n) is 13.4. The molecule has 0 spiro atoms. The lowest BCUT2D eigenvalue weighted by Gasteiger charge is -2.36. The molecule has 2 radical (unpaired) electrons. The third-order valence-electron chi connectivity index (χ3n) is 7.43. The lowest BCUT2D eigenvalue weighted by atomic mass is 9.93. The van der Waals surface area contributed by atoms with Gasteiger partial charge in [0.1, 0.15) is 11.5 Å². The molecule has 2 aliphatic heterocycles. The Balaban J connectivity index is 1.49. The minimum atomic E-state index is 0.240. The first-order valence-corrected chi connectivity index (χ1v) is 13.4. The van der Waals surface area contributed by atoms with Crippen molar-refractivity contribution in [3.63, 3.8) is 0 Å². The van der Waals surface area contributed by atoms with Crippen LogP contribution >= 0.6 is 0 Å². The summed E-state index contributed by atoms with van der Waals surface area (Å²) in [5, 5.41) is 0. The Hall–Kier alpha value is -3.37.